The van der Waals surface area contributed by atoms with E-state index in [0.717, 1.165) is 24.3 Å². The number of nitrogens with one attached hydrogen (secondary N) is 1. The number of halogens is 1. The van der Waals surface area contributed by atoms with Crippen LogP contribution in [-0.2, 0) is 10.0 Å². The Kier molecular flexibility index (Phi) is 4.36. The van der Waals surface area contributed by atoms with Gasteiger partial charge in [-0.15, -0.1) is 0 Å². The van der Waals surface area contributed by atoms with E-state index in [4.69, 9.17) is 10.2 Å². The van der Waals surface area contributed by atoms with Gasteiger partial charge in [0.05, 0.1) is 24.2 Å². The number of rotatable bonds is 5. The highest BCUT2D eigenvalue weighted by Gasteiger charge is 2.18. The lowest BCUT2D eigenvalue weighted by atomic mass is 10.4. The van der Waals surface area contributed by atoms with Crippen LogP contribution in [0.25, 0.3) is 0 Å². The first kappa shape index (κ1) is 13.0. The predicted octanol–water partition coefficient (Wildman–Crippen LogP) is -0.543. The van der Waals surface area contributed by atoms with Gasteiger partial charge in [0.1, 0.15) is 5.82 Å². The molecular weight excluding hydrogens is 237 g/mol. The van der Waals surface area contributed by atoms with Gasteiger partial charge in [0.2, 0.25) is 10.0 Å². The molecule has 1 aromatic carbocycles. The van der Waals surface area contributed by atoms with E-state index in [1.165, 1.54) is 0 Å². The zero-order chi connectivity index (χ0) is 12.2. The molecule has 16 heavy (non-hydrogen) atoms. The van der Waals surface area contributed by atoms with E-state index in [1.54, 1.807) is 0 Å². The van der Waals surface area contributed by atoms with Crippen LogP contribution in [0.4, 0.5) is 4.39 Å². The van der Waals surface area contributed by atoms with Gasteiger partial charge in [-0.1, -0.05) is 0 Å². The van der Waals surface area contributed by atoms with Crippen molar-refractivity contribution in [2.45, 2.75) is 10.9 Å². The van der Waals surface area contributed by atoms with Gasteiger partial charge >= 0.3 is 0 Å². The molecule has 0 unspecified atom stereocenters. The van der Waals surface area contributed by atoms with E-state index < -0.39 is 35.1 Å². The van der Waals surface area contributed by atoms with Crippen LogP contribution in [0, 0.1) is 5.82 Å². The first-order valence-corrected chi connectivity index (χ1v) is 5.97. The van der Waals surface area contributed by atoms with E-state index >= 15 is 0 Å². The average molecular weight is 249 g/mol. The molecule has 1 aromatic rings. The maximum Gasteiger partial charge on any atom is 0.240 e. The predicted molar refractivity (Wildman–Crippen MR) is 54.7 cm³/mol. The number of hydrogen-bond donors (Lipinski definition) is 3. The summed E-state index contributed by atoms with van der Waals surface area (Å²) in [6.45, 7) is -1.03. The first-order chi connectivity index (χ1) is 7.49. The lowest BCUT2D eigenvalue weighted by Crippen LogP contribution is -2.39. The fraction of sp³-hybridized carbons (Fsp3) is 0.333. The molecule has 0 bridgehead atoms. The zero-order valence-electron chi connectivity index (χ0n) is 8.30. The topological polar surface area (TPSA) is 86.6 Å². The molecule has 0 aliphatic heterocycles. The van der Waals surface area contributed by atoms with Crippen LogP contribution in [-0.4, -0.2) is 37.9 Å². The molecule has 0 heterocycles. The summed E-state index contributed by atoms with van der Waals surface area (Å²) in [4.78, 5) is -0.124. The van der Waals surface area contributed by atoms with Crippen LogP contribution in [0.15, 0.2) is 29.2 Å². The zero-order valence-corrected chi connectivity index (χ0v) is 9.11. The number of sulfonamides is 1. The highest BCUT2D eigenvalue weighted by molar-refractivity contribution is 7.89. The van der Waals surface area contributed by atoms with Crippen LogP contribution < -0.4 is 4.72 Å². The molecule has 0 saturated carbocycles. The fourth-order valence-corrected chi connectivity index (χ4v) is 2.25. The third-order valence-corrected chi connectivity index (χ3v) is 3.42. The van der Waals surface area contributed by atoms with E-state index in [2.05, 4.69) is 4.72 Å². The van der Waals surface area contributed by atoms with E-state index in [0.29, 0.717) is 0 Å². The molecule has 0 fully saturated rings. The van der Waals surface area contributed by atoms with Gasteiger partial charge in [0.15, 0.2) is 0 Å². The van der Waals surface area contributed by atoms with Gasteiger partial charge < -0.3 is 10.2 Å². The summed E-state index contributed by atoms with van der Waals surface area (Å²) < 4.78 is 37.9. The van der Waals surface area contributed by atoms with Gasteiger partial charge in [-0.05, 0) is 24.3 Å². The van der Waals surface area contributed by atoms with Crippen LogP contribution >= 0.6 is 0 Å². The second kappa shape index (κ2) is 5.35. The van der Waals surface area contributed by atoms with Crippen molar-refractivity contribution in [3.05, 3.63) is 30.1 Å². The maximum atomic E-state index is 12.6. The van der Waals surface area contributed by atoms with Crippen molar-refractivity contribution in [2.75, 3.05) is 13.2 Å². The number of aliphatic hydroxyl groups is 2. The smallest absolute Gasteiger partial charge is 0.240 e. The minimum absolute atomic E-state index is 0.124. The molecule has 90 valence electrons. The second-order valence-corrected chi connectivity index (χ2v) is 4.85. The first-order valence-electron chi connectivity index (χ1n) is 4.49. The Balaban J connectivity index is 2.89. The minimum Gasteiger partial charge on any atom is -0.395 e. The van der Waals surface area contributed by atoms with Crippen molar-refractivity contribution in [3.8, 4) is 0 Å². The molecule has 7 heteroatoms. The summed E-state index contributed by atoms with van der Waals surface area (Å²) >= 11 is 0. The minimum atomic E-state index is -3.84. The Morgan fingerprint density at radius 1 is 1.19 bits per heavy atom. The van der Waals surface area contributed by atoms with E-state index in [9.17, 15) is 12.8 Å². The van der Waals surface area contributed by atoms with Crippen LogP contribution in [0.2, 0.25) is 0 Å². The van der Waals surface area contributed by atoms with Gasteiger partial charge in [-0.25, -0.2) is 17.5 Å². The summed E-state index contributed by atoms with van der Waals surface area (Å²) in [6, 6.07) is 3.27. The molecule has 0 saturated heterocycles. The molecular formula is C9H12FNO4S. The standard InChI is InChI=1S/C9H12FNO4S/c10-7-1-3-9(4-2-7)16(14,15)11-8(5-12)6-13/h1-4,8,11-13H,5-6H2. The van der Waals surface area contributed by atoms with Crippen molar-refractivity contribution in [3.63, 3.8) is 0 Å². The van der Waals surface area contributed by atoms with Crippen molar-refractivity contribution in [2.24, 2.45) is 0 Å². The SMILES string of the molecule is O=S(=O)(NC(CO)CO)c1ccc(F)cc1. The monoisotopic (exact) mass is 249 g/mol. The number of hydrogen-bond acceptors (Lipinski definition) is 4. The molecule has 0 atom stereocenters. The third kappa shape index (κ3) is 3.24. The highest BCUT2D eigenvalue weighted by Crippen LogP contribution is 2.09. The average Bonchev–Trinajstić information content (AvgIpc) is 2.26. The van der Waals surface area contributed by atoms with Crippen LogP contribution in [0.1, 0.15) is 0 Å². The molecule has 0 amide bonds. The Bertz CT molecular complexity index is 427. The maximum absolute atomic E-state index is 12.6. The molecule has 0 aliphatic rings. The summed E-state index contributed by atoms with van der Waals surface area (Å²) in [5, 5.41) is 17.5. The lowest BCUT2D eigenvalue weighted by molar-refractivity contribution is 0.185. The molecule has 1 rings (SSSR count). The highest BCUT2D eigenvalue weighted by atomic mass is 32.2. The van der Waals surface area contributed by atoms with E-state index in [1.807, 2.05) is 0 Å². The van der Waals surface area contributed by atoms with Gasteiger partial charge in [-0.2, -0.15) is 0 Å². The van der Waals surface area contributed by atoms with Gasteiger partial charge in [0.25, 0.3) is 0 Å². The van der Waals surface area contributed by atoms with Crippen molar-refractivity contribution in [1.29, 1.82) is 0 Å². The summed E-state index contributed by atoms with van der Waals surface area (Å²) in [6.07, 6.45) is 0. The second-order valence-electron chi connectivity index (χ2n) is 3.14. The lowest BCUT2D eigenvalue weighted by Gasteiger charge is -2.13. The van der Waals surface area contributed by atoms with Gasteiger partial charge in [0, 0.05) is 0 Å². The molecule has 0 aliphatic carbocycles. The van der Waals surface area contributed by atoms with E-state index in [-0.39, 0.29) is 4.90 Å². The molecule has 0 spiro atoms. The van der Waals surface area contributed by atoms with Crippen molar-refractivity contribution < 1.29 is 23.0 Å². The largest absolute Gasteiger partial charge is 0.395 e. The molecule has 3 N–H and O–H groups in total. The van der Waals surface area contributed by atoms with Crippen LogP contribution in [0.5, 0.6) is 0 Å². The Labute approximate surface area is 92.6 Å². The number of aliphatic hydroxyl groups excluding tert-OH is 2. The summed E-state index contributed by atoms with van der Waals surface area (Å²) in [5.74, 6) is -0.542. The Morgan fingerprint density at radius 2 is 1.69 bits per heavy atom. The van der Waals surface area contributed by atoms with Crippen LogP contribution in [0.3, 0.4) is 0 Å². The molecule has 0 aromatic heterocycles. The Hall–Kier alpha value is -1.02. The molecule has 0 radical (unpaired) electrons. The normalized spacial score (nSPS) is 12.0. The van der Waals surface area contributed by atoms with Crippen molar-refractivity contribution in [1.82, 2.24) is 4.72 Å². The quantitative estimate of drug-likeness (QED) is 0.654. The molecule has 5 nitrogen and oxygen atoms in total. The summed E-state index contributed by atoms with van der Waals surface area (Å²) in [5.41, 5.74) is 0. The number of benzene rings is 1. The Morgan fingerprint density at radius 3 is 2.12 bits per heavy atom. The van der Waals surface area contributed by atoms with Crippen molar-refractivity contribution >= 4 is 10.0 Å². The fourth-order valence-electron chi connectivity index (χ4n) is 1.03. The summed E-state index contributed by atoms with van der Waals surface area (Å²) in [7, 11) is -3.84. The van der Waals surface area contributed by atoms with Gasteiger partial charge in [-0.3, -0.25) is 0 Å². The third-order valence-electron chi connectivity index (χ3n) is 1.89.